The van der Waals surface area contributed by atoms with E-state index in [4.69, 9.17) is 0 Å². The summed E-state index contributed by atoms with van der Waals surface area (Å²) in [6.07, 6.45) is 8.54. The summed E-state index contributed by atoms with van der Waals surface area (Å²) < 4.78 is 0. The average molecular weight is 210 g/mol. The molecule has 2 nitrogen and oxygen atoms in total. The minimum atomic E-state index is 0.877. The van der Waals surface area contributed by atoms with E-state index < -0.39 is 0 Å². The zero-order valence-electron chi connectivity index (χ0n) is 10.2. The number of nitrogens with zero attached hydrogens (tertiary/aromatic N) is 1. The summed E-state index contributed by atoms with van der Waals surface area (Å²) in [5.41, 5.74) is 0. The van der Waals surface area contributed by atoms with Crippen molar-refractivity contribution in [2.24, 2.45) is 5.92 Å². The molecule has 1 aliphatic carbocycles. The normalized spacial score (nSPS) is 24.6. The molecule has 1 saturated carbocycles. The minimum Gasteiger partial charge on any atom is -0.313 e. The van der Waals surface area contributed by atoms with Crippen molar-refractivity contribution in [2.75, 3.05) is 26.2 Å². The number of likely N-dealkylation sites (tertiary alicyclic amines) is 1. The van der Waals surface area contributed by atoms with Crippen LogP contribution in [0.5, 0.6) is 0 Å². The van der Waals surface area contributed by atoms with E-state index >= 15 is 0 Å². The quantitative estimate of drug-likeness (QED) is 0.723. The molecule has 1 heterocycles. The molecule has 1 N–H and O–H groups in total. The van der Waals surface area contributed by atoms with E-state index in [0.29, 0.717) is 0 Å². The van der Waals surface area contributed by atoms with E-state index in [2.05, 4.69) is 17.1 Å². The molecule has 88 valence electrons. The van der Waals surface area contributed by atoms with Crippen LogP contribution in [-0.4, -0.2) is 37.1 Å². The van der Waals surface area contributed by atoms with Crippen molar-refractivity contribution in [3.8, 4) is 0 Å². The summed E-state index contributed by atoms with van der Waals surface area (Å²) >= 11 is 0. The monoisotopic (exact) mass is 210 g/mol. The molecule has 0 aromatic carbocycles. The van der Waals surface area contributed by atoms with E-state index in [1.54, 1.807) is 0 Å². The van der Waals surface area contributed by atoms with Crippen LogP contribution in [-0.2, 0) is 0 Å². The first-order valence-electron chi connectivity index (χ1n) is 6.84. The highest BCUT2D eigenvalue weighted by Crippen LogP contribution is 2.21. The Balaban J connectivity index is 1.52. The highest BCUT2D eigenvalue weighted by atomic mass is 15.1. The van der Waals surface area contributed by atoms with Gasteiger partial charge in [0.05, 0.1) is 0 Å². The predicted molar refractivity (Wildman–Crippen MR) is 65.1 cm³/mol. The van der Waals surface area contributed by atoms with Gasteiger partial charge in [0.15, 0.2) is 0 Å². The lowest BCUT2D eigenvalue weighted by molar-refractivity contribution is 0.179. The Bertz CT molecular complexity index is 169. The molecule has 0 aromatic rings. The zero-order chi connectivity index (χ0) is 10.5. The molecule has 2 fully saturated rings. The van der Waals surface area contributed by atoms with Crippen LogP contribution in [0.25, 0.3) is 0 Å². The standard InChI is InChI=1S/C13H26N2/c1-2-3-12-6-9-15(10-7-12)11-8-14-13-4-5-13/h12-14H,2-11H2,1H3. The third-order valence-corrected chi connectivity index (χ3v) is 3.84. The van der Waals surface area contributed by atoms with Crippen LogP contribution in [0.3, 0.4) is 0 Å². The van der Waals surface area contributed by atoms with Gasteiger partial charge in [-0.15, -0.1) is 0 Å². The van der Waals surface area contributed by atoms with E-state index in [0.717, 1.165) is 12.0 Å². The Kier molecular flexibility index (Phi) is 4.45. The van der Waals surface area contributed by atoms with Gasteiger partial charge in [-0.3, -0.25) is 0 Å². The molecule has 0 amide bonds. The van der Waals surface area contributed by atoms with Crippen LogP contribution in [0.2, 0.25) is 0 Å². The summed E-state index contributed by atoms with van der Waals surface area (Å²) in [5, 5.41) is 3.60. The average Bonchev–Trinajstić information content (AvgIpc) is 3.05. The number of hydrogen-bond donors (Lipinski definition) is 1. The summed E-state index contributed by atoms with van der Waals surface area (Å²) in [7, 11) is 0. The van der Waals surface area contributed by atoms with Crippen LogP contribution in [0.4, 0.5) is 0 Å². The van der Waals surface area contributed by atoms with E-state index in [9.17, 15) is 0 Å². The van der Waals surface area contributed by atoms with E-state index in [1.165, 1.54) is 64.7 Å². The van der Waals surface area contributed by atoms with Gasteiger partial charge in [-0.05, 0) is 44.7 Å². The van der Waals surface area contributed by atoms with Gasteiger partial charge in [0, 0.05) is 19.1 Å². The topological polar surface area (TPSA) is 15.3 Å². The molecule has 0 spiro atoms. The van der Waals surface area contributed by atoms with Crippen molar-refractivity contribution in [3.63, 3.8) is 0 Å². The third-order valence-electron chi connectivity index (χ3n) is 3.84. The third kappa shape index (κ3) is 4.12. The van der Waals surface area contributed by atoms with Gasteiger partial charge < -0.3 is 10.2 Å². The van der Waals surface area contributed by atoms with Gasteiger partial charge in [0.25, 0.3) is 0 Å². The van der Waals surface area contributed by atoms with E-state index in [-0.39, 0.29) is 0 Å². The summed E-state index contributed by atoms with van der Waals surface area (Å²) in [6, 6.07) is 0.877. The van der Waals surface area contributed by atoms with Crippen LogP contribution in [0, 0.1) is 5.92 Å². The zero-order valence-corrected chi connectivity index (χ0v) is 10.2. The molecule has 1 aliphatic heterocycles. The number of hydrogen-bond acceptors (Lipinski definition) is 2. The smallest absolute Gasteiger partial charge is 0.0107 e. The number of nitrogens with one attached hydrogen (secondary N) is 1. The highest BCUT2D eigenvalue weighted by molar-refractivity contribution is 4.81. The molecule has 15 heavy (non-hydrogen) atoms. The van der Waals surface area contributed by atoms with Crippen LogP contribution < -0.4 is 5.32 Å². The molecule has 0 aromatic heterocycles. The van der Waals surface area contributed by atoms with E-state index in [1.807, 2.05) is 0 Å². The molecular formula is C13H26N2. The summed E-state index contributed by atoms with van der Waals surface area (Å²) in [5.74, 6) is 1.03. The number of rotatable bonds is 6. The van der Waals surface area contributed by atoms with Crippen molar-refractivity contribution in [2.45, 2.75) is 51.5 Å². The molecule has 0 unspecified atom stereocenters. The van der Waals surface area contributed by atoms with Gasteiger partial charge in [-0.2, -0.15) is 0 Å². The van der Waals surface area contributed by atoms with Crippen LogP contribution in [0.15, 0.2) is 0 Å². The van der Waals surface area contributed by atoms with Crippen molar-refractivity contribution < 1.29 is 0 Å². The molecule has 0 bridgehead atoms. The van der Waals surface area contributed by atoms with Crippen molar-refractivity contribution in [1.82, 2.24) is 10.2 Å². The lowest BCUT2D eigenvalue weighted by atomic mass is 9.92. The van der Waals surface area contributed by atoms with Crippen molar-refractivity contribution >= 4 is 0 Å². The largest absolute Gasteiger partial charge is 0.313 e. The highest BCUT2D eigenvalue weighted by Gasteiger charge is 2.21. The second-order valence-electron chi connectivity index (χ2n) is 5.30. The predicted octanol–water partition coefficient (Wildman–Crippen LogP) is 2.25. The van der Waals surface area contributed by atoms with Gasteiger partial charge >= 0.3 is 0 Å². The molecule has 0 atom stereocenters. The maximum absolute atomic E-state index is 3.60. The molecule has 2 rings (SSSR count). The molecule has 0 radical (unpaired) electrons. The Labute approximate surface area is 94.4 Å². The Morgan fingerprint density at radius 3 is 2.47 bits per heavy atom. The first-order chi connectivity index (χ1) is 7.38. The number of piperidine rings is 1. The summed E-state index contributed by atoms with van der Waals surface area (Å²) in [4.78, 5) is 2.64. The lowest BCUT2D eigenvalue weighted by Gasteiger charge is -2.31. The molecule has 1 saturated heterocycles. The van der Waals surface area contributed by atoms with Gasteiger partial charge in [-0.1, -0.05) is 19.8 Å². The van der Waals surface area contributed by atoms with Crippen LogP contribution >= 0.6 is 0 Å². The van der Waals surface area contributed by atoms with Gasteiger partial charge in [0.1, 0.15) is 0 Å². The first kappa shape index (κ1) is 11.4. The maximum atomic E-state index is 3.60. The lowest BCUT2D eigenvalue weighted by Crippen LogP contribution is -2.38. The second-order valence-corrected chi connectivity index (χ2v) is 5.30. The Morgan fingerprint density at radius 2 is 1.87 bits per heavy atom. The molecule has 2 heteroatoms. The fourth-order valence-corrected chi connectivity index (χ4v) is 2.62. The van der Waals surface area contributed by atoms with Crippen molar-refractivity contribution in [1.29, 1.82) is 0 Å². The fraction of sp³-hybridized carbons (Fsp3) is 1.00. The molecular weight excluding hydrogens is 184 g/mol. The second kappa shape index (κ2) is 5.86. The first-order valence-corrected chi connectivity index (χ1v) is 6.84. The summed E-state index contributed by atoms with van der Waals surface area (Å²) in [6.45, 7) is 7.48. The van der Waals surface area contributed by atoms with Crippen molar-refractivity contribution in [3.05, 3.63) is 0 Å². The SMILES string of the molecule is CCCC1CCN(CCNC2CC2)CC1. The van der Waals surface area contributed by atoms with Gasteiger partial charge in [0.2, 0.25) is 0 Å². The Hall–Kier alpha value is -0.0800. The maximum Gasteiger partial charge on any atom is 0.0107 e. The molecule has 2 aliphatic rings. The van der Waals surface area contributed by atoms with Gasteiger partial charge in [-0.25, -0.2) is 0 Å². The van der Waals surface area contributed by atoms with Crippen LogP contribution in [0.1, 0.15) is 45.4 Å². The Morgan fingerprint density at radius 1 is 1.13 bits per heavy atom. The minimum absolute atomic E-state index is 0.877. The fourth-order valence-electron chi connectivity index (χ4n) is 2.62.